The molecule has 0 aliphatic heterocycles. The molecule has 0 aromatic carbocycles. The van der Waals surface area contributed by atoms with Crippen LogP contribution in [-0.2, 0) is 0 Å². The maximum absolute atomic E-state index is 2.54. The minimum atomic E-state index is 0.613. The Labute approximate surface area is 129 Å². The first kappa shape index (κ1) is 18.1. The van der Waals surface area contributed by atoms with E-state index < -0.39 is 0 Å². The molecule has 1 fully saturated rings. The highest BCUT2D eigenvalue weighted by Crippen LogP contribution is 2.41. The molecule has 0 spiro atoms. The third kappa shape index (κ3) is 7.70. The van der Waals surface area contributed by atoms with Crippen molar-refractivity contribution in [1.82, 2.24) is 0 Å². The summed E-state index contributed by atoms with van der Waals surface area (Å²) in [5.41, 5.74) is 0.613. The molecule has 0 atom stereocenters. The zero-order chi connectivity index (χ0) is 14.7. The van der Waals surface area contributed by atoms with E-state index in [4.69, 9.17) is 0 Å². The topological polar surface area (TPSA) is 0 Å². The summed E-state index contributed by atoms with van der Waals surface area (Å²) < 4.78 is 0. The Hall–Kier alpha value is 0. The summed E-state index contributed by atoms with van der Waals surface area (Å²) in [5.74, 6) is 1.02. The molecular formula is C20H40. The van der Waals surface area contributed by atoms with E-state index in [1.807, 2.05) is 0 Å². The summed E-state index contributed by atoms with van der Waals surface area (Å²) in [6.45, 7) is 7.37. The molecule has 1 rings (SSSR count). The van der Waals surface area contributed by atoms with Crippen molar-refractivity contribution in [3.05, 3.63) is 0 Å². The number of hydrogen-bond donors (Lipinski definition) is 0. The highest BCUT2D eigenvalue weighted by Gasteiger charge is 2.29. The second-order valence-corrected chi connectivity index (χ2v) is 7.90. The van der Waals surface area contributed by atoms with Crippen LogP contribution in [0.25, 0.3) is 0 Å². The van der Waals surface area contributed by atoms with Crippen LogP contribution in [0.1, 0.15) is 117 Å². The van der Waals surface area contributed by atoms with Gasteiger partial charge in [-0.25, -0.2) is 0 Å². The lowest BCUT2D eigenvalue weighted by Crippen LogP contribution is -2.26. The fraction of sp³-hybridized carbons (Fsp3) is 1.00. The van der Waals surface area contributed by atoms with Gasteiger partial charge in [-0.05, 0) is 30.6 Å². The van der Waals surface area contributed by atoms with E-state index in [-0.39, 0.29) is 0 Å². The van der Waals surface area contributed by atoms with Gasteiger partial charge in [0, 0.05) is 0 Å². The summed E-state index contributed by atoms with van der Waals surface area (Å²) in [6.07, 6.45) is 22.1. The van der Waals surface area contributed by atoms with Crippen molar-refractivity contribution in [2.75, 3.05) is 0 Å². The van der Waals surface area contributed by atoms with E-state index in [9.17, 15) is 0 Å². The minimum Gasteiger partial charge on any atom is -0.0654 e. The van der Waals surface area contributed by atoms with Crippen LogP contribution >= 0.6 is 0 Å². The van der Waals surface area contributed by atoms with Crippen LogP contribution in [0, 0.1) is 11.3 Å². The van der Waals surface area contributed by atoms with Gasteiger partial charge in [0.25, 0.3) is 0 Å². The molecule has 0 N–H and O–H groups in total. The molecule has 1 aliphatic rings. The van der Waals surface area contributed by atoms with Crippen LogP contribution in [0.15, 0.2) is 0 Å². The summed E-state index contributed by atoms with van der Waals surface area (Å²) in [5, 5.41) is 0. The largest absolute Gasteiger partial charge is 0.0654 e. The molecule has 20 heavy (non-hydrogen) atoms. The summed E-state index contributed by atoms with van der Waals surface area (Å²) in [6, 6.07) is 0. The average molecular weight is 281 g/mol. The Morgan fingerprint density at radius 3 is 1.75 bits per heavy atom. The zero-order valence-electron chi connectivity index (χ0n) is 14.7. The van der Waals surface area contributed by atoms with Gasteiger partial charge < -0.3 is 0 Å². The van der Waals surface area contributed by atoms with Crippen LogP contribution < -0.4 is 0 Å². The molecule has 0 heteroatoms. The first-order valence-corrected chi connectivity index (χ1v) is 9.67. The molecule has 0 unspecified atom stereocenters. The SMILES string of the molecule is CCCCCCCCCCCC(C)(C)C1CCCCC1. The second-order valence-electron chi connectivity index (χ2n) is 7.90. The monoisotopic (exact) mass is 280 g/mol. The molecule has 1 saturated carbocycles. The van der Waals surface area contributed by atoms with E-state index in [1.165, 1.54) is 96.3 Å². The molecule has 0 saturated heterocycles. The van der Waals surface area contributed by atoms with E-state index >= 15 is 0 Å². The highest BCUT2D eigenvalue weighted by molar-refractivity contribution is 4.80. The first-order valence-electron chi connectivity index (χ1n) is 9.67. The van der Waals surface area contributed by atoms with Crippen molar-refractivity contribution in [2.45, 2.75) is 117 Å². The molecule has 120 valence electrons. The van der Waals surface area contributed by atoms with Crippen LogP contribution in [0.2, 0.25) is 0 Å². The van der Waals surface area contributed by atoms with Crippen LogP contribution in [0.5, 0.6) is 0 Å². The van der Waals surface area contributed by atoms with Crippen molar-refractivity contribution in [2.24, 2.45) is 11.3 Å². The Morgan fingerprint density at radius 2 is 1.20 bits per heavy atom. The van der Waals surface area contributed by atoms with E-state index in [2.05, 4.69) is 20.8 Å². The number of hydrogen-bond acceptors (Lipinski definition) is 0. The molecule has 0 aromatic rings. The smallest absolute Gasteiger partial charge is 0.0326 e. The minimum absolute atomic E-state index is 0.613. The van der Waals surface area contributed by atoms with Crippen molar-refractivity contribution < 1.29 is 0 Å². The van der Waals surface area contributed by atoms with Gasteiger partial charge in [0.15, 0.2) is 0 Å². The van der Waals surface area contributed by atoms with Gasteiger partial charge in [0.2, 0.25) is 0 Å². The Bertz CT molecular complexity index is 210. The van der Waals surface area contributed by atoms with Crippen LogP contribution in [-0.4, -0.2) is 0 Å². The zero-order valence-corrected chi connectivity index (χ0v) is 14.7. The third-order valence-electron chi connectivity index (χ3n) is 5.64. The van der Waals surface area contributed by atoms with Crippen LogP contribution in [0.4, 0.5) is 0 Å². The fourth-order valence-electron chi connectivity index (χ4n) is 3.98. The van der Waals surface area contributed by atoms with Crippen LogP contribution in [0.3, 0.4) is 0 Å². The molecule has 0 heterocycles. The second kappa shape index (κ2) is 10.7. The third-order valence-corrected chi connectivity index (χ3v) is 5.64. The lowest BCUT2D eigenvalue weighted by atomic mass is 9.69. The average Bonchev–Trinajstić information content (AvgIpc) is 2.46. The first-order chi connectivity index (χ1) is 9.67. The molecule has 1 aliphatic carbocycles. The molecule has 0 bridgehead atoms. The van der Waals surface area contributed by atoms with Gasteiger partial charge in [0.1, 0.15) is 0 Å². The Morgan fingerprint density at radius 1 is 0.700 bits per heavy atom. The standard InChI is InChI=1S/C20H40/c1-4-5-6-7-8-9-10-11-15-18-20(2,3)19-16-13-12-14-17-19/h19H,4-18H2,1-3H3. The summed E-state index contributed by atoms with van der Waals surface area (Å²) in [4.78, 5) is 0. The van der Waals surface area contributed by atoms with Gasteiger partial charge in [-0.15, -0.1) is 0 Å². The Kier molecular flexibility index (Phi) is 9.65. The lowest BCUT2D eigenvalue weighted by Gasteiger charge is -2.37. The van der Waals surface area contributed by atoms with Crippen molar-refractivity contribution >= 4 is 0 Å². The number of rotatable bonds is 11. The quantitative estimate of drug-likeness (QED) is 0.343. The number of unbranched alkanes of at least 4 members (excludes halogenated alkanes) is 8. The van der Waals surface area contributed by atoms with E-state index in [1.54, 1.807) is 0 Å². The fourth-order valence-corrected chi connectivity index (χ4v) is 3.98. The highest BCUT2D eigenvalue weighted by atomic mass is 14.3. The molecule has 0 aromatic heterocycles. The molecule has 0 nitrogen and oxygen atoms in total. The van der Waals surface area contributed by atoms with Crippen molar-refractivity contribution in [3.8, 4) is 0 Å². The molecule has 0 radical (unpaired) electrons. The summed E-state index contributed by atoms with van der Waals surface area (Å²) in [7, 11) is 0. The van der Waals surface area contributed by atoms with Crippen molar-refractivity contribution in [3.63, 3.8) is 0 Å². The molecule has 0 amide bonds. The molecular weight excluding hydrogens is 240 g/mol. The predicted molar refractivity (Wildman–Crippen MR) is 92.2 cm³/mol. The van der Waals surface area contributed by atoms with Gasteiger partial charge in [-0.2, -0.15) is 0 Å². The maximum atomic E-state index is 2.54. The van der Waals surface area contributed by atoms with Gasteiger partial charge in [0.05, 0.1) is 0 Å². The van der Waals surface area contributed by atoms with E-state index in [0.717, 1.165) is 5.92 Å². The normalized spacial score (nSPS) is 17.6. The predicted octanol–water partition coefficient (Wildman–Crippen LogP) is 7.51. The summed E-state index contributed by atoms with van der Waals surface area (Å²) >= 11 is 0. The van der Waals surface area contributed by atoms with Gasteiger partial charge >= 0.3 is 0 Å². The van der Waals surface area contributed by atoms with Gasteiger partial charge in [-0.3, -0.25) is 0 Å². The lowest BCUT2D eigenvalue weighted by molar-refractivity contribution is 0.142. The Balaban J connectivity index is 1.96. The van der Waals surface area contributed by atoms with E-state index in [0.29, 0.717) is 5.41 Å². The van der Waals surface area contributed by atoms with Crippen molar-refractivity contribution in [1.29, 1.82) is 0 Å². The van der Waals surface area contributed by atoms with Gasteiger partial charge in [-0.1, -0.05) is 97.8 Å². The maximum Gasteiger partial charge on any atom is -0.0326 e.